The number of hydrogen-bond acceptors (Lipinski definition) is 6. The molecule has 0 spiro atoms. The van der Waals surface area contributed by atoms with Crippen LogP contribution >= 0.6 is 11.3 Å². The standard InChI is InChI=1S/C35H39FN2O4S/c1-9-42-29-16-24(26(36)18-28(29)41-8)17-30-33(40)38(21-22-10-15-31(37-20-22)35(5,6)7)32(43-30)19-27(39)23-11-13-25(14-12-23)34(2,3)4/h10-20H,9,21H2,1-8H3/b30-17+,32-19-. The third kappa shape index (κ3) is 7.49. The molecule has 0 aliphatic heterocycles. The van der Waals surface area contributed by atoms with E-state index in [0.29, 0.717) is 22.6 Å². The van der Waals surface area contributed by atoms with Crippen LogP contribution in [-0.4, -0.2) is 29.1 Å². The summed E-state index contributed by atoms with van der Waals surface area (Å²) in [5, 5.41) is 0. The Morgan fingerprint density at radius 1 is 1.00 bits per heavy atom. The molecule has 0 bridgehead atoms. The van der Waals surface area contributed by atoms with Crippen molar-refractivity contribution in [2.24, 2.45) is 0 Å². The molecule has 4 rings (SSSR count). The highest BCUT2D eigenvalue weighted by Gasteiger charge is 2.17. The van der Waals surface area contributed by atoms with Gasteiger partial charge in [-0.05, 0) is 41.7 Å². The lowest BCUT2D eigenvalue weighted by Crippen LogP contribution is -2.32. The van der Waals surface area contributed by atoms with Crippen molar-refractivity contribution >= 4 is 29.3 Å². The van der Waals surface area contributed by atoms with E-state index in [4.69, 9.17) is 9.47 Å². The molecule has 0 saturated carbocycles. The second-order valence-electron chi connectivity index (χ2n) is 12.4. The SMILES string of the molecule is CCOc1cc(/C=c2/s/c(=C\C(=O)c3ccc(C(C)(C)C)cc3)n(Cc3ccc(C(C)(C)C)nc3)c2=O)c(F)cc1OC. The number of ether oxygens (including phenoxy) is 2. The van der Waals surface area contributed by atoms with Crippen LogP contribution in [-0.2, 0) is 17.4 Å². The number of Topliss-reactive ketones (excluding diaryl/α,β-unsaturated/α-hetero) is 1. The van der Waals surface area contributed by atoms with Gasteiger partial charge in [-0.3, -0.25) is 19.1 Å². The Bertz CT molecular complexity index is 1790. The summed E-state index contributed by atoms with van der Waals surface area (Å²) < 4.78 is 28.2. The van der Waals surface area contributed by atoms with Crippen LogP contribution in [0, 0.1) is 5.82 Å². The number of rotatable bonds is 8. The summed E-state index contributed by atoms with van der Waals surface area (Å²) in [6, 6.07) is 14.2. The Hall–Kier alpha value is -4.04. The van der Waals surface area contributed by atoms with Crippen LogP contribution in [0.4, 0.5) is 4.39 Å². The summed E-state index contributed by atoms with van der Waals surface area (Å²) in [6.45, 7) is 15.0. The molecule has 0 radical (unpaired) electrons. The molecular weight excluding hydrogens is 563 g/mol. The van der Waals surface area contributed by atoms with Gasteiger partial charge in [-0.25, -0.2) is 4.39 Å². The normalized spacial score (nSPS) is 13.0. The largest absolute Gasteiger partial charge is 0.493 e. The van der Waals surface area contributed by atoms with Gasteiger partial charge in [0.1, 0.15) is 10.5 Å². The fraction of sp³-hybridized carbons (Fsp3) is 0.343. The monoisotopic (exact) mass is 602 g/mol. The van der Waals surface area contributed by atoms with Gasteiger partial charge in [0, 0.05) is 40.6 Å². The number of thiazole rings is 1. The zero-order valence-corrected chi connectivity index (χ0v) is 26.9. The Morgan fingerprint density at radius 3 is 2.26 bits per heavy atom. The fourth-order valence-electron chi connectivity index (χ4n) is 4.50. The topological polar surface area (TPSA) is 70.4 Å². The Kier molecular flexibility index (Phi) is 9.40. The van der Waals surface area contributed by atoms with E-state index in [0.717, 1.165) is 28.2 Å². The lowest BCUT2D eigenvalue weighted by atomic mass is 9.86. The van der Waals surface area contributed by atoms with E-state index in [9.17, 15) is 9.59 Å². The third-order valence-corrected chi connectivity index (χ3v) is 8.09. The summed E-state index contributed by atoms with van der Waals surface area (Å²) in [5.41, 5.74) is 3.07. The van der Waals surface area contributed by atoms with Crippen molar-refractivity contribution in [3.8, 4) is 11.5 Å². The molecule has 4 aromatic rings. The first kappa shape index (κ1) is 31.9. The number of halogens is 1. The Balaban J connectivity index is 1.85. The van der Waals surface area contributed by atoms with Gasteiger partial charge in [0.15, 0.2) is 17.3 Å². The average Bonchev–Trinajstić information content (AvgIpc) is 3.23. The van der Waals surface area contributed by atoms with Crippen LogP contribution in [0.1, 0.15) is 81.2 Å². The highest BCUT2D eigenvalue weighted by molar-refractivity contribution is 7.07. The zero-order valence-electron chi connectivity index (χ0n) is 26.1. The van der Waals surface area contributed by atoms with Gasteiger partial charge < -0.3 is 9.47 Å². The van der Waals surface area contributed by atoms with E-state index < -0.39 is 5.82 Å². The number of benzene rings is 2. The van der Waals surface area contributed by atoms with Gasteiger partial charge in [0.05, 0.1) is 24.8 Å². The smallest absolute Gasteiger partial charge is 0.269 e. The van der Waals surface area contributed by atoms with Crippen LogP contribution in [0.5, 0.6) is 11.5 Å². The van der Waals surface area contributed by atoms with Crippen LogP contribution in [0.2, 0.25) is 0 Å². The predicted octanol–water partition coefficient (Wildman–Crippen LogP) is 5.99. The number of carbonyl (C=O) groups is 1. The van der Waals surface area contributed by atoms with Gasteiger partial charge in [0.2, 0.25) is 0 Å². The van der Waals surface area contributed by atoms with E-state index in [1.54, 1.807) is 18.3 Å². The number of carbonyl (C=O) groups excluding carboxylic acids is 1. The number of aromatic nitrogens is 2. The molecule has 6 nitrogen and oxygen atoms in total. The van der Waals surface area contributed by atoms with Crippen LogP contribution in [0.15, 0.2) is 59.5 Å². The third-order valence-electron chi connectivity index (χ3n) is 7.03. The molecule has 0 aliphatic carbocycles. The summed E-state index contributed by atoms with van der Waals surface area (Å²) in [5.74, 6) is -0.136. The molecule has 43 heavy (non-hydrogen) atoms. The predicted molar refractivity (Wildman–Crippen MR) is 171 cm³/mol. The van der Waals surface area contributed by atoms with E-state index >= 15 is 4.39 Å². The Labute approximate surface area is 256 Å². The van der Waals surface area contributed by atoms with E-state index in [-0.39, 0.29) is 44.6 Å². The Morgan fingerprint density at radius 2 is 1.70 bits per heavy atom. The first-order chi connectivity index (χ1) is 20.2. The van der Waals surface area contributed by atoms with Crippen LogP contribution in [0.3, 0.4) is 0 Å². The number of methoxy groups -OCH3 is 1. The minimum atomic E-state index is -0.554. The lowest BCUT2D eigenvalue weighted by molar-refractivity contribution is 0.106. The maximum atomic E-state index is 15.1. The quantitative estimate of drug-likeness (QED) is 0.232. The first-order valence-corrected chi connectivity index (χ1v) is 15.1. The van der Waals surface area contributed by atoms with E-state index in [2.05, 4.69) is 46.5 Å². The maximum absolute atomic E-state index is 15.1. The molecule has 8 heteroatoms. The number of pyridine rings is 1. The number of nitrogens with zero attached hydrogens (tertiary/aromatic N) is 2. The van der Waals surface area contributed by atoms with Crippen LogP contribution < -0.4 is 24.2 Å². The van der Waals surface area contributed by atoms with Crippen molar-refractivity contribution in [1.82, 2.24) is 9.55 Å². The second-order valence-corrected chi connectivity index (χ2v) is 13.5. The van der Waals surface area contributed by atoms with Gasteiger partial charge in [-0.2, -0.15) is 0 Å². The molecule has 0 fully saturated rings. The summed E-state index contributed by atoms with van der Waals surface area (Å²) in [7, 11) is 1.44. The molecule has 2 aromatic heterocycles. The summed E-state index contributed by atoms with van der Waals surface area (Å²) in [6.07, 6.45) is 4.71. The molecule has 0 aliphatic rings. The molecule has 0 amide bonds. The second kappa shape index (κ2) is 12.7. The van der Waals surface area contributed by atoms with Crippen LogP contribution in [0.25, 0.3) is 12.2 Å². The van der Waals surface area contributed by atoms with E-state index in [1.165, 1.54) is 36.0 Å². The maximum Gasteiger partial charge on any atom is 0.269 e. The molecule has 0 saturated heterocycles. The summed E-state index contributed by atoms with van der Waals surface area (Å²) in [4.78, 5) is 31.7. The molecule has 226 valence electrons. The van der Waals surface area contributed by atoms with Crippen molar-refractivity contribution in [3.05, 3.63) is 108 Å². The average molecular weight is 603 g/mol. The van der Waals surface area contributed by atoms with E-state index in [1.807, 2.05) is 31.2 Å². The molecule has 2 aromatic carbocycles. The highest BCUT2D eigenvalue weighted by Crippen LogP contribution is 2.30. The van der Waals surface area contributed by atoms with Crippen molar-refractivity contribution in [2.45, 2.75) is 65.8 Å². The highest BCUT2D eigenvalue weighted by atomic mass is 32.1. The molecule has 0 atom stereocenters. The van der Waals surface area contributed by atoms with Gasteiger partial charge in [-0.1, -0.05) is 71.9 Å². The van der Waals surface area contributed by atoms with Crippen molar-refractivity contribution in [1.29, 1.82) is 0 Å². The minimum absolute atomic E-state index is 0.0421. The fourth-order valence-corrected chi connectivity index (χ4v) is 5.53. The lowest BCUT2D eigenvalue weighted by Gasteiger charge is -2.18. The molecule has 0 N–H and O–H groups in total. The molecule has 0 unspecified atom stereocenters. The van der Waals surface area contributed by atoms with Crippen molar-refractivity contribution in [2.75, 3.05) is 13.7 Å². The van der Waals surface area contributed by atoms with Crippen molar-refractivity contribution in [3.63, 3.8) is 0 Å². The number of hydrogen-bond donors (Lipinski definition) is 0. The number of ketones is 1. The zero-order chi connectivity index (χ0) is 31.5. The minimum Gasteiger partial charge on any atom is -0.493 e. The molecular formula is C35H39FN2O4S. The van der Waals surface area contributed by atoms with Crippen molar-refractivity contribution < 1.29 is 18.7 Å². The van der Waals surface area contributed by atoms with Gasteiger partial charge in [-0.15, -0.1) is 11.3 Å². The van der Waals surface area contributed by atoms with Gasteiger partial charge >= 0.3 is 0 Å². The summed E-state index contributed by atoms with van der Waals surface area (Å²) >= 11 is 1.14. The first-order valence-electron chi connectivity index (χ1n) is 14.2. The van der Waals surface area contributed by atoms with Gasteiger partial charge in [0.25, 0.3) is 5.56 Å². The molecule has 2 heterocycles.